The lowest BCUT2D eigenvalue weighted by atomic mass is 9.85. The summed E-state index contributed by atoms with van der Waals surface area (Å²) in [4.78, 5) is 4.59. The van der Waals surface area contributed by atoms with Crippen molar-refractivity contribution in [3.63, 3.8) is 0 Å². The van der Waals surface area contributed by atoms with Crippen LogP contribution in [0, 0.1) is 0 Å². The maximum atomic E-state index is 12.9. The maximum absolute atomic E-state index is 12.9. The summed E-state index contributed by atoms with van der Waals surface area (Å²) in [5.74, 6) is 1.33. The minimum Gasteiger partial charge on any atom is -0.494 e. The standard InChI is InChI=1S/C59H82N2O5S/c1-5-9-13-15-17-19-21-25-47-65-55-41-37-53(38-42-55)60(45-11-7-3)51-33-29-49(30-34-51)59(57-27-23-24-28-58(57)67(62,63)64)50-31-35-52(36-32-50)61(46-12-8-4)54-39-43-56(44-40-54)66-48-26-22-20-18-16-14-10-6-2/h23-24,27-44,59H,5-22,25-26,45-48H2,1-4H3,(H,62,63,64). The van der Waals surface area contributed by atoms with Crippen LogP contribution in [-0.2, 0) is 10.1 Å². The minimum atomic E-state index is -4.50. The third-order valence-electron chi connectivity index (χ3n) is 12.9. The summed E-state index contributed by atoms with van der Waals surface area (Å²) in [6, 6.07) is 40.6. The van der Waals surface area contributed by atoms with Gasteiger partial charge in [0.05, 0.1) is 18.1 Å². The molecule has 0 amide bonds. The first-order valence-corrected chi connectivity index (χ1v) is 27.5. The Labute approximate surface area is 406 Å². The molecule has 5 aromatic carbocycles. The Kier molecular flexibility index (Phi) is 23.7. The van der Waals surface area contributed by atoms with E-state index in [2.05, 4.69) is 135 Å². The zero-order valence-electron chi connectivity index (χ0n) is 41.5. The van der Waals surface area contributed by atoms with Gasteiger partial charge in [-0.15, -0.1) is 0 Å². The number of ether oxygens (including phenoxy) is 2. The van der Waals surface area contributed by atoms with Crippen LogP contribution in [0.3, 0.4) is 0 Å². The number of hydrogen-bond donors (Lipinski definition) is 1. The van der Waals surface area contributed by atoms with E-state index in [1.54, 1.807) is 6.07 Å². The predicted octanol–water partition coefficient (Wildman–Crippen LogP) is 17.0. The van der Waals surface area contributed by atoms with Crippen molar-refractivity contribution in [3.05, 3.63) is 138 Å². The lowest BCUT2D eigenvalue weighted by Crippen LogP contribution is -2.19. The number of unbranched alkanes of at least 4 members (excludes halogenated alkanes) is 16. The molecule has 5 rings (SSSR count). The van der Waals surface area contributed by atoms with Gasteiger partial charge in [-0.3, -0.25) is 4.55 Å². The lowest BCUT2D eigenvalue weighted by Gasteiger charge is -2.28. The monoisotopic (exact) mass is 931 g/mol. The molecule has 0 aliphatic heterocycles. The zero-order chi connectivity index (χ0) is 47.5. The first-order valence-electron chi connectivity index (χ1n) is 26.0. The van der Waals surface area contributed by atoms with E-state index in [1.807, 2.05) is 12.1 Å². The first-order chi connectivity index (χ1) is 32.8. The van der Waals surface area contributed by atoms with Gasteiger partial charge in [-0.25, -0.2) is 0 Å². The Hall–Kier alpha value is -4.79. The summed E-state index contributed by atoms with van der Waals surface area (Å²) < 4.78 is 48.5. The van der Waals surface area contributed by atoms with E-state index >= 15 is 0 Å². The van der Waals surface area contributed by atoms with Gasteiger partial charge < -0.3 is 19.3 Å². The van der Waals surface area contributed by atoms with E-state index in [9.17, 15) is 13.0 Å². The van der Waals surface area contributed by atoms with Crippen molar-refractivity contribution < 1.29 is 22.4 Å². The number of nitrogens with zero attached hydrogens (tertiary/aromatic N) is 2. The van der Waals surface area contributed by atoms with Crippen LogP contribution < -0.4 is 19.3 Å². The number of benzene rings is 5. The Bertz CT molecular complexity index is 2070. The molecule has 364 valence electrons. The molecule has 0 radical (unpaired) electrons. The molecule has 0 aliphatic carbocycles. The second-order valence-electron chi connectivity index (χ2n) is 18.3. The van der Waals surface area contributed by atoms with Gasteiger partial charge in [0.15, 0.2) is 0 Å². The summed E-state index contributed by atoms with van der Waals surface area (Å²) in [6.07, 6.45) is 24.6. The molecule has 1 N–H and O–H groups in total. The SMILES string of the molecule is CCCCCCCCCCOc1ccc(N(CCCC)c2ccc(C(c3ccc(N(CCCC)c4ccc(OCCCCCCCCCC)cc4)cc3)c3ccccc3S(=O)(=O)O)cc2)cc1. The summed E-state index contributed by atoms with van der Waals surface area (Å²) in [7, 11) is -4.50. The van der Waals surface area contributed by atoms with Gasteiger partial charge >= 0.3 is 0 Å². The van der Waals surface area contributed by atoms with Crippen molar-refractivity contribution in [1.29, 1.82) is 0 Å². The molecule has 0 saturated carbocycles. The highest BCUT2D eigenvalue weighted by Gasteiger charge is 2.25. The van der Waals surface area contributed by atoms with Crippen LogP contribution in [0.5, 0.6) is 11.5 Å². The molecule has 0 aliphatic rings. The quantitative estimate of drug-likeness (QED) is 0.0250. The fourth-order valence-electron chi connectivity index (χ4n) is 8.94. The number of anilines is 4. The highest BCUT2D eigenvalue weighted by molar-refractivity contribution is 7.85. The van der Waals surface area contributed by atoms with E-state index < -0.39 is 16.0 Å². The molecule has 0 heterocycles. The molecule has 0 bridgehead atoms. The topological polar surface area (TPSA) is 79.3 Å². The van der Waals surface area contributed by atoms with Gasteiger partial charge in [0.2, 0.25) is 0 Å². The minimum absolute atomic E-state index is 0.0864. The van der Waals surface area contributed by atoms with Gasteiger partial charge in [-0.2, -0.15) is 8.42 Å². The maximum Gasteiger partial charge on any atom is 0.294 e. The van der Waals surface area contributed by atoms with E-state index in [0.717, 1.165) is 110 Å². The number of rotatable bonds is 34. The van der Waals surface area contributed by atoms with Crippen molar-refractivity contribution in [2.45, 2.75) is 167 Å². The molecule has 0 aromatic heterocycles. The average Bonchev–Trinajstić information content (AvgIpc) is 3.35. The summed E-state index contributed by atoms with van der Waals surface area (Å²) in [5.41, 5.74) is 6.69. The molecule has 5 aromatic rings. The molecule has 0 spiro atoms. The van der Waals surface area contributed by atoms with Crippen molar-refractivity contribution in [2.24, 2.45) is 0 Å². The summed E-state index contributed by atoms with van der Waals surface area (Å²) in [6.45, 7) is 12.1. The van der Waals surface area contributed by atoms with Crippen LogP contribution in [0.4, 0.5) is 22.7 Å². The van der Waals surface area contributed by atoms with Gasteiger partial charge in [0, 0.05) is 41.8 Å². The third kappa shape index (κ3) is 17.7. The van der Waals surface area contributed by atoms with Gasteiger partial charge in [-0.05, 0) is 121 Å². The predicted molar refractivity (Wildman–Crippen MR) is 283 cm³/mol. The van der Waals surface area contributed by atoms with E-state index in [1.165, 1.54) is 96.0 Å². The average molecular weight is 931 g/mol. The molecule has 0 saturated heterocycles. The molecule has 7 nitrogen and oxygen atoms in total. The van der Waals surface area contributed by atoms with E-state index in [4.69, 9.17) is 9.47 Å². The fourth-order valence-corrected chi connectivity index (χ4v) is 9.68. The number of hydrogen-bond acceptors (Lipinski definition) is 6. The largest absolute Gasteiger partial charge is 0.494 e. The Morgan fingerprint density at radius 1 is 0.418 bits per heavy atom. The molecule has 0 fully saturated rings. The molecule has 0 unspecified atom stereocenters. The molecule has 67 heavy (non-hydrogen) atoms. The zero-order valence-corrected chi connectivity index (χ0v) is 42.3. The second-order valence-corrected chi connectivity index (χ2v) is 19.7. The van der Waals surface area contributed by atoms with Gasteiger partial charge in [-0.1, -0.05) is 173 Å². The summed E-state index contributed by atoms with van der Waals surface area (Å²) in [5, 5.41) is 0. The Morgan fingerprint density at radius 3 is 1.10 bits per heavy atom. The second kappa shape index (κ2) is 29.9. The van der Waals surface area contributed by atoms with Crippen LogP contribution in [0.25, 0.3) is 0 Å². The van der Waals surface area contributed by atoms with Crippen molar-refractivity contribution >= 4 is 32.9 Å². The molecule has 0 atom stereocenters. The Balaban J connectivity index is 1.32. The van der Waals surface area contributed by atoms with E-state index in [-0.39, 0.29) is 4.90 Å². The lowest BCUT2D eigenvalue weighted by molar-refractivity contribution is 0.304. The normalized spacial score (nSPS) is 11.6. The smallest absolute Gasteiger partial charge is 0.294 e. The van der Waals surface area contributed by atoms with Crippen LogP contribution in [0.1, 0.15) is 179 Å². The highest BCUT2D eigenvalue weighted by Crippen LogP contribution is 2.39. The van der Waals surface area contributed by atoms with Gasteiger partial charge in [0.1, 0.15) is 11.5 Å². The van der Waals surface area contributed by atoms with Crippen molar-refractivity contribution in [2.75, 3.05) is 36.1 Å². The van der Waals surface area contributed by atoms with Gasteiger partial charge in [0.25, 0.3) is 10.1 Å². The third-order valence-corrected chi connectivity index (χ3v) is 13.8. The fraction of sp³-hybridized carbons (Fsp3) is 0.492. The molecular formula is C59H82N2O5S. The van der Waals surface area contributed by atoms with Crippen molar-refractivity contribution in [3.8, 4) is 11.5 Å². The van der Waals surface area contributed by atoms with Crippen LogP contribution >= 0.6 is 0 Å². The van der Waals surface area contributed by atoms with Crippen LogP contribution in [0.2, 0.25) is 0 Å². The highest BCUT2D eigenvalue weighted by atomic mass is 32.2. The molecular weight excluding hydrogens is 849 g/mol. The Morgan fingerprint density at radius 2 is 0.746 bits per heavy atom. The molecule has 8 heteroatoms. The van der Waals surface area contributed by atoms with Crippen LogP contribution in [0.15, 0.2) is 126 Å². The van der Waals surface area contributed by atoms with Crippen molar-refractivity contribution in [1.82, 2.24) is 0 Å². The van der Waals surface area contributed by atoms with Crippen LogP contribution in [-0.4, -0.2) is 39.3 Å². The first kappa shape index (κ1) is 53.2. The van der Waals surface area contributed by atoms with E-state index in [0.29, 0.717) is 5.56 Å². The summed E-state index contributed by atoms with van der Waals surface area (Å²) >= 11 is 0.